The normalized spacial score (nSPS) is 14.7. The molecule has 2 atom stereocenters. The summed E-state index contributed by atoms with van der Waals surface area (Å²) in [5.74, 6) is 1.95. The van der Waals surface area contributed by atoms with Gasteiger partial charge in [0, 0.05) is 17.6 Å². The second-order valence-corrected chi connectivity index (χ2v) is 6.21. The predicted molar refractivity (Wildman–Crippen MR) is 77.5 cm³/mol. The van der Waals surface area contributed by atoms with E-state index in [9.17, 15) is 0 Å². The van der Waals surface area contributed by atoms with E-state index in [4.69, 9.17) is 16.0 Å². The van der Waals surface area contributed by atoms with Crippen LogP contribution in [0.2, 0.25) is 4.34 Å². The van der Waals surface area contributed by atoms with Gasteiger partial charge in [0.25, 0.3) is 0 Å². The van der Waals surface area contributed by atoms with Crippen molar-refractivity contribution in [3.8, 4) is 0 Å². The highest BCUT2D eigenvalue weighted by atomic mass is 35.5. The number of hydrogen-bond donors (Lipinski definition) is 1. The minimum Gasteiger partial charge on any atom is -0.466 e. The first kappa shape index (κ1) is 13.7. The Bertz CT molecular complexity index is 532. The van der Waals surface area contributed by atoms with Crippen LogP contribution in [0, 0.1) is 13.8 Å². The van der Waals surface area contributed by atoms with Crippen LogP contribution in [0.25, 0.3) is 0 Å². The highest BCUT2D eigenvalue weighted by Crippen LogP contribution is 2.28. The maximum Gasteiger partial charge on any atom is 0.105 e. The molecule has 0 aliphatic rings. The van der Waals surface area contributed by atoms with Gasteiger partial charge in [0.1, 0.15) is 11.5 Å². The van der Waals surface area contributed by atoms with Gasteiger partial charge in [-0.3, -0.25) is 0 Å². The molecule has 2 unspecified atom stereocenters. The highest BCUT2D eigenvalue weighted by molar-refractivity contribution is 7.14. The summed E-state index contributed by atoms with van der Waals surface area (Å²) in [4.78, 5) is 0. The second-order valence-electron chi connectivity index (χ2n) is 4.66. The van der Waals surface area contributed by atoms with Crippen LogP contribution >= 0.6 is 22.9 Å². The van der Waals surface area contributed by atoms with Crippen molar-refractivity contribution >= 4 is 22.9 Å². The van der Waals surface area contributed by atoms with Gasteiger partial charge in [-0.05, 0) is 50.8 Å². The van der Waals surface area contributed by atoms with E-state index in [1.807, 2.05) is 19.9 Å². The molecule has 0 amide bonds. The molecule has 0 radical (unpaired) electrons. The lowest BCUT2D eigenvalue weighted by atomic mass is 10.1. The fourth-order valence-electron chi connectivity index (χ4n) is 2.19. The Balaban J connectivity index is 2.07. The molecule has 2 heterocycles. The number of halogens is 1. The third kappa shape index (κ3) is 2.97. The summed E-state index contributed by atoms with van der Waals surface area (Å²) in [7, 11) is 0. The van der Waals surface area contributed by atoms with E-state index < -0.39 is 0 Å². The van der Waals surface area contributed by atoms with Crippen LogP contribution in [-0.2, 0) is 0 Å². The average Bonchev–Trinajstić information content (AvgIpc) is 2.84. The average molecular weight is 284 g/mol. The largest absolute Gasteiger partial charge is 0.466 e. The van der Waals surface area contributed by atoms with Crippen molar-refractivity contribution in [1.82, 2.24) is 5.32 Å². The first-order valence-electron chi connectivity index (χ1n) is 6.04. The lowest BCUT2D eigenvalue weighted by Crippen LogP contribution is -2.22. The Morgan fingerprint density at radius 1 is 1.22 bits per heavy atom. The van der Waals surface area contributed by atoms with Crippen LogP contribution in [-0.4, -0.2) is 0 Å². The standard InChI is InChI=1S/C14H18ClNOS/c1-8-5-13(11(4)17-8)10(3)16-9(2)12-6-14(15)18-7-12/h5-7,9-10,16H,1-4H3. The number of furan rings is 1. The molecule has 2 aromatic rings. The summed E-state index contributed by atoms with van der Waals surface area (Å²) in [6.45, 7) is 8.29. The first-order valence-corrected chi connectivity index (χ1v) is 7.30. The molecular weight excluding hydrogens is 266 g/mol. The minimum absolute atomic E-state index is 0.260. The summed E-state index contributed by atoms with van der Waals surface area (Å²) >= 11 is 7.53. The first-order chi connectivity index (χ1) is 8.47. The highest BCUT2D eigenvalue weighted by Gasteiger charge is 2.16. The number of thiophene rings is 1. The van der Waals surface area contributed by atoms with Crippen LogP contribution in [0.1, 0.15) is 48.6 Å². The Morgan fingerprint density at radius 3 is 2.44 bits per heavy atom. The van der Waals surface area contributed by atoms with Gasteiger partial charge in [-0.1, -0.05) is 11.6 Å². The molecule has 0 saturated carbocycles. The smallest absolute Gasteiger partial charge is 0.105 e. The Labute approximate surface area is 117 Å². The molecule has 0 aliphatic carbocycles. The zero-order chi connectivity index (χ0) is 13.3. The summed E-state index contributed by atoms with van der Waals surface area (Å²) in [5, 5.41) is 5.67. The molecule has 0 spiro atoms. The fourth-order valence-corrected chi connectivity index (χ4v) is 3.18. The molecule has 0 fully saturated rings. The van der Waals surface area contributed by atoms with E-state index in [1.54, 1.807) is 11.3 Å². The van der Waals surface area contributed by atoms with Crippen LogP contribution in [0.4, 0.5) is 0 Å². The molecule has 98 valence electrons. The van der Waals surface area contributed by atoms with E-state index in [0.717, 1.165) is 15.9 Å². The van der Waals surface area contributed by atoms with Gasteiger partial charge in [-0.15, -0.1) is 11.3 Å². The van der Waals surface area contributed by atoms with E-state index in [0.29, 0.717) is 0 Å². The van der Waals surface area contributed by atoms with Crippen LogP contribution in [0.3, 0.4) is 0 Å². The molecule has 4 heteroatoms. The van der Waals surface area contributed by atoms with Crippen molar-refractivity contribution in [3.63, 3.8) is 0 Å². The molecule has 18 heavy (non-hydrogen) atoms. The third-order valence-corrected chi connectivity index (χ3v) is 4.24. The minimum atomic E-state index is 0.260. The Kier molecular flexibility index (Phi) is 4.15. The van der Waals surface area contributed by atoms with E-state index in [1.165, 1.54) is 11.1 Å². The lowest BCUT2D eigenvalue weighted by Gasteiger charge is -2.19. The van der Waals surface area contributed by atoms with Gasteiger partial charge in [0.05, 0.1) is 4.34 Å². The molecule has 0 bridgehead atoms. The monoisotopic (exact) mass is 283 g/mol. The van der Waals surface area contributed by atoms with E-state index in [2.05, 4.69) is 30.6 Å². The molecule has 2 aromatic heterocycles. The maximum atomic E-state index is 5.96. The van der Waals surface area contributed by atoms with Gasteiger partial charge in [0.2, 0.25) is 0 Å². The predicted octanol–water partition coefficient (Wildman–Crippen LogP) is 5.02. The van der Waals surface area contributed by atoms with E-state index in [-0.39, 0.29) is 12.1 Å². The topological polar surface area (TPSA) is 25.2 Å². The number of hydrogen-bond acceptors (Lipinski definition) is 3. The van der Waals surface area contributed by atoms with Crippen molar-refractivity contribution in [2.75, 3.05) is 0 Å². The van der Waals surface area contributed by atoms with Crippen LogP contribution < -0.4 is 5.32 Å². The fraction of sp³-hybridized carbons (Fsp3) is 0.429. The van der Waals surface area contributed by atoms with Crippen molar-refractivity contribution in [1.29, 1.82) is 0 Å². The molecule has 0 aliphatic heterocycles. The Morgan fingerprint density at radius 2 is 1.94 bits per heavy atom. The zero-order valence-electron chi connectivity index (χ0n) is 11.1. The molecular formula is C14H18ClNOS. The number of aryl methyl sites for hydroxylation is 2. The maximum absolute atomic E-state index is 5.96. The van der Waals surface area contributed by atoms with Gasteiger partial charge < -0.3 is 9.73 Å². The molecule has 2 rings (SSSR count). The summed E-state index contributed by atoms with van der Waals surface area (Å²) in [6, 6.07) is 4.65. The summed E-state index contributed by atoms with van der Waals surface area (Å²) < 4.78 is 6.40. The third-order valence-electron chi connectivity index (χ3n) is 3.13. The quantitative estimate of drug-likeness (QED) is 0.852. The van der Waals surface area contributed by atoms with Crippen molar-refractivity contribution < 1.29 is 4.42 Å². The van der Waals surface area contributed by atoms with Gasteiger partial charge in [-0.2, -0.15) is 0 Å². The molecule has 2 nitrogen and oxygen atoms in total. The number of rotatable bonds is 4. The second kappa shape index (κ2) is 5.47. The zero-order valence-corrected chi connectivity index (χ0v) is 12.7. The van der Waals surface area contributed by atoms with Crippen molar-refractivity contribution in [2.24, 2.45) is 0 Å². The van der Waals surface area contributed by atoms with Crippen LogP contribution in [0.5, 0.6) is 0 Å². The van der Waals surface area contributed by atoms with Gasteiger partial charge >= 0.3 is 0 Å². The summed E-state index contributed by atoms with van der Waals surface area (Å²) in [5.41, 5.74) is 2.45. The molecule has 0 saturated heterocycles. The Hall–Kier alpha value is -0.770. The van der Waals surface area contributed by atoms with Gasteiger partial charge in [-0.25, -0.2) is 0 Å². The number of nitrogens with one attached hydrogen (secondary N) is 1. The SMILES string of the molecule is Cc1cc(C(C)NC(C)c2csc(Cl)c2)c(C)o1. The molecule has 1 N–H and O–H groups in total. The lowest BCUT2D eigenvalue weighted by molar-refractivity contribution is 0.469. The van der Waals surface area contributed by atoms with E-state index >= 15 is 0 Å². The summed E-state index contributed by atoms with van der Waals surface area (Å²) in [6.07, 6.45) is 0. The van der Waals surface area contributed by atoms with Crippen LogP contribution in [0.15, 0.2) is 21.9 Å². The molecule has 0 aromatic carbocycles. The van der Waals surface area contributed by atoms with Crippen molar-refractivity contribution in [2.45, 2.75) is 39.8 Å². The van der Waals surface area contributed by atoms with Crippen molar-refractivity contribution in [3.05, 3.63) is 44.5 Å². The van der Waals surface area contributed by atoms with Gasteiger partial charge in [0.15, 0.2) is 0 Å².